The third kappa shape index (κ3) is 4.75. The van der Waals surface area contributed by atoms with Crippen LogP contribution in [-0.2, 0) is 0 Å². The molecule has 1 aromatic carbocycles. The summed E-state index contributed by atoms with van der Waals surface area (Å²) in [5.74, 6) is -0.402. The molecule has 0 radical (unpaired) electrons. The van der Waals surface area contributed by atoms with Gasteiger partial charge in [0.25, 0.3) is 0 Å². The van der Waals surface area contributed by atoms with E-state index in [1.807, 2.05) is 6.92 Å². The van der Waals surface area contributed by atoms with Gasteiger partial charge in [0, 0.05) is 18.7 Å². The lowest BCUT2D eigenvalue weighted by molar-refractivity contribution is 0.188. The van der Waals surface area contributed by atoms with E-state index in [-0.39, 0.29) is 29.1 Å². The minimum atomic E-state index is -0.402. The summed E-state index contributed by atoms with van der Waals surface area (Å²) in [6.45, 7) is 8.55. The van der Waals surface area contributed by atoms with Crippen molar-refractivity contribution >= 4 is 11.6 Å². The molecule has 19 heavy (non-hydrogen) atoms. The molecule has 2 unspecified atom stereocenters. The Morgan fingerprint density at radius 1 is 1.37 bits per heavy atom. The van der Waals surface area contributed by atoms with Crippen molar-refractivity contribution in [2.45, 2.75) is 46.2 Å². The molecule has 0 aliphatic heterocycles. The molecule has 2 nitrogen and oxygen atoms in total. The van der Waals surface area contributed by atoms with E-state index >= 15 is 0 Å². The summed E-state index contributed by atoms with van der Waals surface area (Å²) >= 11 is 5.80. The van der Waals surface area contributed by atoms with Gasteiger partial charge in [-0.2, -0.15) is 0 Å². The molecule has 0 fully saturated rings. The number of halogens is 2. The molecule has 1 aromatic rings. The largest absolute Gasteiger partial charge is 0.396 e. The Hall–Kier alpha value is -0.640. The van der Waals surface area contributed by atoms with Crippen molar-refractivity contribution in [2.24, 2.45) is 5.41 Å². The Labute approximate surface area is 120 Å². The Morgan fingerprint density at radius 3 is 2.47 bits per heavy atom. The lowest BCUT2D eigenvalue weighted by Crippen LogP contribution is -2.42. The van der Waals surface area contributed by atoms with Gasteiger partial charge in [0.2, 0.25) is 0 Å². The topological polar surface area (TPSA) is 32.3 Å². The summed E-state index contributed by atoms with van der Waals surface area (Å²) in [6.07, 6.45) is 0.683. The summed E-state index contributed by atoms with van der Waals surface area (Å²) in [6, 6.07) is 4.99. The summed E-state index contributed by atoms with van der Waals surface area (Å²) in [5.41, 5.74) is 0.986. The first-order valence-electron chi connectivity index (χ1n) is 6.57. The zero-order chi connectivity index (χ0) is 14.6. The number of hydrogen-bond donors (Lipinski definition) is 2. The summed E-state index contributed by atoms with van der Waals surface area (Å²) in [7, 11) is 0. The van der Waals surface area contributed by atoms with Crippen LogP contribution in [0.2, 0.25) is 5.02 Å². The maximum atomic E-state index is 13.1. The molecular weight excluding hydrogens is 265 g/mol. The van der Waals surface area contributed by atoms with E-state index in [0.717, 1.165) is 5.56 Å². The second-order valence-corrected chi connectivity index (χ2v) is 6.40. The fraction of sp³-hybridized carbons (Fsp3) is 0.600. The van der Waals surface area contributed by atoms with Gasteiger partial charge in [0.1, 0.15) is 5.82 Å². The monoisotopic (exact) mass is 287 g/mol. The number of aliphatic hydroxyl groups excluding tert-OH is 1. The molecule has 1 rings (SSSR count). The minimum absolute atomic E-state index is 0.0425. The standard InChI is InChI=1S/C15H23ClFNO/c1-10(11-5-6-13(17)12(16)9-11)18-14(7-8-19)15(2,3)4/h5-6,9-10,14,18-19H,7-8H2,1-4H3. The zero-order valence-electron chi connectivity index (χ0n) is 12.0. The van der Waals surface area contributed by atoms with Crippen LogP contribution in [0.15, 0.2) is 18.2 Å². The van der Waals surface area contributed by atoms with Crippen LogP contribution in [0.4, 0.5) is 4.39 Å². The molecule has 0 saturated heterocycles. The van der Waals surface area contributed by atoms with Crippen molar-refractivity contribution in [1.82, 2.24) is 5.32 Å². The van der Waals surface area contributed by atoms with Crippen molar-refractivity contribution in [3.05, 3.63) is 34.6 Å². The first-order valence-corrected chi connectivity index (χ1v) is 6.95. The van der Waals surface area contributed by atoms with Crippen LogP contribution in [0.3, 0.4) is 0 Å². The molecule has 0 aliphatic rings. The maximum Gasteiger partial charge on any atom is 0.141 e. The van der Waals surface area contributed by atoms with Gasteiger partial charge in [-0.05, 0) is 36.5 Å². The van der Waals surface area contributed by atoms with E-state index in [9.17, 15) is 4.39 Å². The lowest BCUT2D eigenvalue weighted by Gasteiger charge is -2.34. The molecule has 4 heteroatoms. The van der Waals surface area contributed by atoms with Crippen LogP contribution in [-0.4, -0.2) is 17.8 Å². The minimum Gasteiger partial charge on any atom is -0.396 e. The summed E-state index contributed by atoms with van der Waals surface area (Å²) in [5, 5.41) is 12.8. The van der Waals surface area contributed by atoms with Crippen LogP contribution in [0.5, 0.6) is 0 Å². The summed E-state index contributed by atoms with van der Waals surface area (Å²) in [4.78, 5) is 0. The second kappa shape index (κ2) is 6.69. The molecule has 0 saturated carbocycles. The van der Waals surface area contributed by atoms with Gasteiger partial charge >= 0.3 is 0 Å². The lowest BCUT2D eigenvalue weighted by atomic mass is 9.84. The Morgan fingerprint density at radius 2 is 2.00 bits per heavy atom. The first kappa shape index (κ1) is 16.4. The predicted octanol–water partition coefficient (Wildman–Crippen LogP) is 3.93. The molecular formula is C15H23ClFNO. The van der Waals surface area contributed by atoms with Crippen molar-refractivity contribution in [3.63, 3.8) is 0 Å². The predicted molar refractivity (Wildman–Crippen MR) is 77.9 cm³/mol. The van der Waals surface area contributed by atoms with Crippen LogP contribution >= 0.6 is 11.6 Å². The van der Waals surface area contributed by atoms with Crippen molar-refractivity contribution in [2.75, 3.05) is 6.61 Å². The molecule has 2 atom stereocenters. The Balaban J connectivity index is 2.81. The van der Waals surface area contributed by atoms with Crippen LogP contribution in [0.1, 0.15) is 45.7 Å². The van der Waals surface area contributed by atoms with E-state index in [1.54, 1.807) is 12.1 Å². The van der Waals surface area contributed by atoms with Crippen molar-refractivity contribution < 1.29 is 9.50 Å². The highest BCUT2D eigenvalue weighted by molar-refractivity contribution is 6.30. The van der Waals surface area contributed by atoms with Crippen LogP contribution < -0.4 is 5.32 Å². The molecule has 0 aliphatic carbocycles. The average Bonchev–Trinajstić information content (AvgIpc) is 2.30. The fourth-order valence-corrected chi connectivity index (χ4v) is 2.26. The van der Waals surface area contributed by atoms with Gasteiger partial charge in [-0.1, -0.05) is 38.4 Å². The molecule has 0 amide bonds. The van der Waals surface area contributed by atoms with E-state index < -0.39 is 5.82 Å². The number of rotatable bonds is 5. The Kier molecular flexibility index (Phi) is 5.78. The average molecular weight is 288 g/mol. The highest BCUT2D eigenvalue weighted by atomic mass is 35.5. The van der Waals surface area contributed by atoms with Gasteiger partial charge in [-0.25, -0.2) is 4.39 Å². The number of nitrogens with one attached hydrogen (secondary N) is 1. The van der Waals surface area contributed by atoms with Gasteiger partial charge in [0.05, 0.1) is 5.02 Å². The molecule has 108 valence electrons. The zero-order valence-corrected chi connectivity index (χ0v) is 12.8. The number of aliphatic hydroxyl groups is 1. The SMILES string of the molecule is CC(NC(CCO)C(C)(C)C)c1ccc(F)c(Cl)c1. The van der Waals surface area contributed by atoms with E-state index in [0.29, 0.717) is 6.42 Å². The number of hydrogen-bond acceptors (Lipinski definition) is 2. The van der Waals surface area contributed by atoms with Gasteiger partial charge in [-0.3, -0.25) is 0 Å². The van der Waals surface area contributed by atoms with Crippen LogP contribution in [0, 0.1) is 11.2 Å². The van der Waals surface area contributed by atoms with E-state index in [4.69, 9.17) is 16.7 Å². The summed E-state index contributed by atoms with van der Waals surface area (Å²) < 4.78 is 13.1. The van der Waals surface area contributed by atoms with Gasteiger partial charge < -0.3 is 10.4 Å². The molecule has 2 N–H and O–H groups in total. The molecule has 0 heterocycles. The fourth-order valence-electron chi connectivity index (χ4n) is 2.08. The Bertz CT molecular complexity index is 417. The van der Waals surface area contributed by atoms with Gasteiger partial charge in [-0.15, -0.1) is 0 Å². The highest BCUT2D eigenvalue weighted by Gasteiger charge is 2.25. The number of benzene rings is 1. The van der Waals surface area contributed by atoms with Gasteiger partial charge in [0.15, 0.2) is 0 Å². The third-order valence-electron chi connectivity index (χ3n) is 3.36. The molecule has 0 aromatic heterocycles. The smallest absolute Gasteiger partial charge is 0.141 e. The van der Waals surface area contributed by atoms with Crippen molar-refractivity contribution in [3.8, 4) is 0 Å². The van der Waals surface area contributed by atoms with Crippen molar-refractivity contribution in [1.29, 1.82) is 0 Å². The molecule has 0 bridgehead atoms. The van der Waals surface area contributed by atoms with E-state index in [2.05, 4.69) is 26.1 Å². The highest BCUT2D eigenvalue weighted by Crippen LogP contribution is 2.26. The van der Waals surface area contributed by atoms with E-state index in [1.165, 1.54) is 6.07 Å². The molecule has 0 spiro atoms. The maximum absolute atomic E-state index is 13.1. The second-order valence-electron chi connectivity index (χ2n) is 5.99. The quantitative estimate of drug-likeness (QED) is 0.860. The van der Waals surface area contributed by atoms with Crippen LogP contribution in [0.25, 0.3) is 0 Å². The normalized spacial score (nSPS) is 15.3. The third-order valence-corrected chi connectivity index (χ3v) is 3.65. The first-order chi connectivity index (χ1) is 8.75.